The van der Waals surface area contributed by atoms with E-state index < -0.39 is 0 Å². The number of rotatable bonds is 5. The fourth-order valence-electron chi connectivity index (χ4n) is 2.52. The summed E-state index contributed by atoms with van der Waals surface area (Å²) in [5, 5.41) is 3.03. The van der Waals surface area contributed by atoms with Crippen molar-refractivity contribution in [3.05, 3.63) is 47.9 Å². The van der Waals surface area contributed by atoms with E-state index in [1.807, 2.05) is 68.2 Å². The zero-order chi connectivity index (χ0) is 18.0. The summed E-state index contributed by atoms with van der Waals surface area (Å²) in [6, 6.07) is 9.94. The van der Waals surface area contributed by atoms with Crippen molar-refractivity contribution in [2.24, 2.45) is 0 Å². The lowest BCUT2D eigenvalue weighted by atomic mass is 10.2. The number of carbonyl (C=O) groups excluding carboxylic acids is 1. The highest BCUT2D eigenvalue weighted by Crippen LogP contribution is 2.41. The fourth-order valence-corrected chi connectivity index (χ4v) is 3.68. The van der Waals surface area contributed by atoms with Crippen LogP contribution in [0.1, 0.15) is 12.6 Å². The van der Waals surface area contributed by atoms with Gasteiger partial charge < -0.3 is 19.9 Å². The quantitative estimate of drug-likeness (QED) is 0.827. The van der Waals surface area contributed by atoms with Crippen LogP contribution in [0.25, 0.3) is 4.91 Å². The number of aldehydes is 1. The molecule has 0 bridgehead atoms. The first-order chi connectivity index (χ1) is 12.0. The van der Waals surface area contributed by atoms with Crippen LogP contribution in [0.15, 0.2) is 42.2 Å². The van der Waals surface area contributed by atoms with Crippen LogP contribution >= 0.6 is 11.8 Å². The van der Waals surface area contributed by atoms with Crippen LogP contribution in [0.5, 0.6) is 0 Å². The van der Waals surface area contributed by atoms with Gasteiger partial charge in [-0.05, 0) is 37.3 Å². The number of hydrogen-bond acceptors (Lipinski definition) is 7. The van der Waals surface area contributed by atoms with E-state index >= 15 is 0 Å². The highest BCUT2D eigenvalue weighted by atomic mass is 32.2. The molecule has 0 saturated carbocycles. The second-order valence-electron chi connectivity index (χ2n) is 6.00. The average molecular weight is 355 g/mol. The molecule has 1 atom stereocenters. The molecule has 25 heavy (non-hydrogen) atoms. The Hall–Kier alpha value is -2.54. The molecule has 3 rings (SSSR count). The summed E-state index contributed by atoms with van der Waals surface area (Å²) in [6.07, 6.45) is 2.68. The molecule has 1 aliphatic heterocycles. The molecule has 7 heteroatoms. The molecule has 0 fully saturated rings. The number of thioether (sulfide) groups is 1. The first-order valence-electron chi connectivity index (χ1n) is 7.93. The highest BCUT2D eigenvalue weighted by molar-refractivity contribution is 8.09. The van der Waals surface area contributed by atoms with E-state index in [9.17, 15) is 4.79 Å². The summed E-state index contributed by atoms with van der Waals surface area (Å²) in [4.78, 5) is 25.1. The number of anilines is 3. The minimum Gasteiger partial charge on any atom is -0.378 e. The van der Waals surface area contributed by atoms with Gasteiger partial charge in [0, 0.05) is 44.4 Å². The van der Waals surface area contributed by atoms with Gasteiger partial charge in [-0.1, -0.05) is 11.8 Å². The van der Waals surface area contributed by atoms with Crippen LogP contribution < -0.4 is 10.2 Å². The maximum absolute atomic E-state index is 11.2. The van der Waals surface area contributed by atoms with Gasteiger partial charge in [-0.15, -0.1) is 0 Å². The van der Waals surface area contributed by atoms with E-state index in [1.165, 1.54) is 11.8 Å². The number of nitrogens with one attached hydrogen (secondary N) is 1. The van der Waals surface area contributed by atoms with Crippen LogP contribution in [-0.4, -0.2) is 47.7 Å². The summed E-state index contributed by atoms with van der Waals surface area (Å²) in [5.74, 6) is 0.535. The van der Waals surface area contributed by atoms with Crippen molar-refractivity contribution in [3.8, 4) is 0 Å². The molecule has 0 spiro atoms. The van der Waals surface area contributed by atoms with Crippen molar-refractivity contribution >= 4 is 40.3 Å². The Kier molecular flexibility index (Phi) is 4.94. The Balaban J connectivity index is 1.81. The normalized spacial score (nSPS) is 17.0. The van der Waals surface area contributed by atoms with Gasteiger partial charge in [0.1, 0.15) is 5.37 Å². The maximum atomic E-state index is 11.2. The van der Waals surface area contributed by atoms with Gasteiger partial charge in [-0.3, -0.25) is 0 Å². The summed E-state index contributed by atoms with van der Waals surface area (Å²) >= 11 is 1.51. The maximum Gasteiger partial charge on any atom is 0.227 e. The van der Waals surface area contributed by atoms with Crippen molar-refractivity contribution in [2.75, 3.05) is 31.4 Å². The molecule has 0 amide bonds. The van der Waals surface area contributed by atoms with Gasteiger partial charge in [-0.25, -0.2) is 9.97 Å². The first-order valence-corrected chi connectivity index (χ1v) is 8.81. The number of carbonyl (C=O) groups is 1. The minimum atomic E-state index is -0.194. The van der Waals surface area contributed by atoms with Crippen LogP contribution in [0.2, 0.25) is 0 Å². The molecule has 1 aromatic carbocycles. The zero-order valence-corrected chi connectivity index (χ0v) is 15.5. The molecule has 6 nitrogen and oxygen atoms in total. The summed E-state index contributed by atoms with van der Waals surface area (Å²) in [7, 11) is 5.93. The molecular formula is C18H21N5OS. The number of aromatic nitrogens is 2. The lowest BCUT2D eigenvalue weighted by molar-refractivity contribution is -0.109. The Labute approximate surface area is 152 Å². The van der Waals surface area contributed by atoms with E-state index in [4.69, 9.17) is 0 Å². The molecule has 0 aliphatic carbocycles. The topological polar surface area (TPSA) is 61.4 Å². The Bertz CT molecular complexity index is 803. The molecule has 2 aromatic rings. The number of benzene rings is 1. The molecule has 1 N–H and O–H groups in total. The zero-order valence-electron chi connectivity index (χ0n) is 14.7. The third kappa shape index (κ3) is 3.61. The van der Waals surface area contributed by atoms with Crippen molar-refractivity contribution in [2.45, 2.75) is 12.3 Å². The molecule has 1 aliphatic rings. The molecule has 0 saturated heterocycles. The van der Waals surface area contributed by atoms with Crippen molar-refractivity contribution in [1.29, 1.82) is 0 Å². The molecular weight excluding hydrogens is 334 g/mol. The predicted octanol–water partition coefficient (Wildman–Crippen LogP) is 3.18. The summed E-state index contributed by atoms with van der Waals surface area (Å²) < 4.78 is 0. The number of likely N-dealkylation sites (N-methyl/N-ethyl adjacent to an activating group) is 1. The lowest BCUT2D eigenvalue weighted by Crippen LogP contribution is -2.23. The first kappa shape index (κ1) is 17.3. The molecule has 1 aromatic heterocycles. The molecule has 2 heterocycles. The smallest absolute Gasteiger partial charge is 0.227 e. The monoisotopic (exact) mass is 355 g/mol. The van der Waals surface area contributed by atoms with E-state index in [2.05, 4.69) is 15.3 Å². The van der Waals surface area contributed by atoms with Crippen LogP contribution in [0.4, 0.5) is 17.3 Å². The van der Waals surface area contributed by atoms with Crippen molar-refractivity contribution < 1.29 is 4.79 Å². The van der Waals surface area contributed by atoms with Gasteiger partial charge in [-0.2, -0.15) is 0 Å². The van der Waals surface area contributed by atoms with Crippen molar-refractivity contribution in [1.82, 2.24) is 14.9 Å². The third-order valence-corrected chi connectivity index (χ3v) is 5.53. The average Bonchev–Trinajstić information content (AvgIpc) is 2.90. The fraction of sp³-hybridized carbons (Fsp3) is 0.278. The minimum absolute atomic E-state index is 0.194. The number of nitrogens with zero attached hydrogens (tertiary/aromatic N) is 4. The van der Waals surface area contributed by atoms with Gasteiger partial charge >= 0.3 is 0 Å². The standard InChI is InChI=1S/C18H21N5OS/c1-12-17(25-16(11-24)23(12)4)15-9-10-19-18(21-15)20-13-5-7-14(8-6-13)22(2)3/h5-11,16H,1-4H3,(H,19,20,21). The van der Waals surface area contributed by atoms with E-state index in [0.717, 1.165) is 34.0 Å². The second kappa shape index (κ2) is 7.14. The summed E-state index contributed by atoms with van der Waals surface area (Å²) in [6.45, 7) is 2.00. The largest absolute Gasteiger partial charge is 0.378 e. The number of allylic oxidation sites excluding steroid dienone is 1. The van der Waals surface area contributed by atoms with Gasteiger partial charge in [0.15, 0.2) is 6.29 Å². The van der Waals surface area contributed by atoms with E-state index in [1.54, 1.807) is 6.20 Å². The molecule has 1 unspecified atom stereocenters. The van der Waals surface area contributed by atoms with Gasteiger partial charge in [0.05, 0.1) is 10.6 Å². The van der Waals surface area contributed by atoms with Crippen LogP contribution in [0.3, 0.4) is 0 Å². The Morgan fingerprint density at radius 3 is 2.56 bits per heavy atom. The van der Waals surface area contributed by atoms with E-state index in [0.29, 0.717) is 5.95 Å². The highest BCUT2D eigenvalue weighted by Gasteiger charge is 2.28. The van der Waals surface area contributed by atoms with Gasteiger partial charge in [0.25, 0.3) is 0 Å². The van der Waals surface area contributed by atoms with Crippen LogP contribution in [-0.2, 0) is 4.79 Å². The number of hydrogen-bond donors (Lipinski definition) is 1. The summed E-state index contributed by atoms with van der Waals surface area (Å²) in [5.41, 5.74) is 3.92. The van der Waals surface area contributed by atoms with Crippen LogP contribution in [0, 0.1) is 0 Å². The molecule has 0 radical (unpaired) electrons. The Morgan fingerprint density at radius 1 is 1.24 bits per heavy atom. The van der Waals surface area contributed by atoms with Crippen molar-refractivity contribution in [3.63, 3.8) is 0 Å². The van der Waals surface area contributed by atoms with E-state index in [-0.39, 0.29) is 5.37 Å². The SMILES string of the molecule is CC1=C(c2ccnc(Nc3ccc(N(C)C)cc3)n2)SC(C=O)N1C. The Morgan fingerprint density at radius 2 is 1.96 bits per heavy atom. The predicted molar refractivity (Wildman–Crippen MR) is 104 cm³/mol. The van der Waals surface area contributed by atoms with Gasteiger partial charge in [0.2, 0.25) is 5.95 Å². The second-order valence-corrected chi connectivity index (χ2v) is 7.13. The molecule has 130 valence electrons. The third-order valence-electron chi connectivity index (χ3n) is 4.12. The lowest BCUT2D eigenvalue weighted by Gasteiger charge is -2.16.